The number of hydrogen-bond acceptors (Lipinski definition) is 5. The summed E-state index contributed by atoms with van der Waals surface area (Å²) in [6, 6.07) is 12.5. The molecule has 30 heavy (non-hydrogen) atoms. The van der Waals surface area contributed by atoms with Crippen molar-refractivity contribution in [1.82, 2.24) is 10.3 Å². The number of carbonyl (C=O) groups excluding carboxylic acids is 1. The van der Waals surface area contributed by atoms with Gasteiger partial charge in [0.25, 0.3) is 11.6 Å². The van der Waals surface area contributed by atoms with E-state index in [0.29, 0.717) is 23.1 Å². The van der Waals surface area contributed by atoms with Crippen LogP contribution in [0.5, 0.6) is 0 Å². The molecule has 3 rings (SSSR count). The van der Waals surface area contributed by atoms with Crippen LogP contribution in [0.25, 0.3) is 10.9 Å². The molecule has 1 heterocycles. The van der Waals surface area contributed by atoms with Crippen molar-refractivity contribution in [3.8, 4) is 0 Å². The lowest BCUT2D eigenvalue weighted by Gasteiger charge is -2.21. The summed E-state index contributed by atoms with van der Waals surface area (Å²) >= 11 is 0. The Morgan fingerprint density at radius 3 is 2.50 bits per heavy atom. The fourth-order valence-corrected chi connectivity index (χ4v) is 3.01. The van der Waals surface area contributed by atoms with Gasteiger partial charge >= 0.3 is 6.18 Å². The second-order valence-corrected chi connectivity index (χ2v) is 6.61. The third-order valence-corrected chi connectivity index (χ3v) is 4.42. The normalized spacial score (nSPS) is 11.3. The molecule has 10 heteroatoms. The molecule has 0 saturated carbocycles. The largest absolute Gasteiger partial charge is 0.405 e. The molecule has 0 spiro atoms. The summed E-state index contributed by atoms with van der Waals surface area (Å²) in [6.07, 6.45) is -2.92. The molecule has 1 N–H and O–H groups in total. The lowest BCUT2D eigenvalue weighted by molar-refractivity contribution is -0.383. The topological polar surface area (TPSA) is 88.4 Å². The molecule has 0 radical (unpaired) electrons. The van der Waals surface area contributed by atoms with Gasteiger partial charge in [-0.3, -0.25) is 19.9 Å². The van der Waals surface area contributed by atoms with Crippen molar-refractivity contribution < 1.29 is 22.9 Å². The number of carbonyl (C=O) groups is 1. The van der Waals surface area contributed by atoms with E-state index in [1.54, 1.807) is 43.6 Å². The minimum atomic E-state index is -4.47. The van der Waals surface area contributed by atoms with Gasteiger partial charge in [-0.15, -0.1) is 0 Å². The number of nitro groups is 1. The number of rotatable bonds is 6. The van der Waals surface area contributed by atoms with Gasteiger partial charge in [0.05, 0.1) is 16.0 Å². The molecule has 1 aromatic heterocycles. The summed E-state index contributed by atoms with van der Waals surface area (Å²) in [5.41, 5.74) is 2.05. The van der Waals surface area contributed by atoms with E-state index in [1.807, 2.05) is 10.2 Å². The van der Waals surface area contributed by atoms with Crippen molar-refractivity contribution in [2.24, 2.45) is 0 Å². The van der Waals surface area contributed by atoms with Crippen molar-refractivity contribution in [2.45, 2.75) is 12.7 Å². The maximum absolute atomic E-state index is 12.2. The molecule has 0 fully saturated rings. The van der Waals surface area contributed by atoms with E-state index in [2.05, 4.69) is 4.98 Å². The number of fused-ring (bicyclic) bond motifs is 1. The van der Waals surface area contributed by atoms with Gasteiger partial charge in [-0.1, -0.05) is 12.1 Å². The van der Waals surface area contributed by atoms with Crippen LogP contribution in [-0.4, -0.2) is 35.6 Å². The number of nitrogens with zero attached hydrogens (tertiary/aromatic N) is 3. The summed E-state index contributed by atoms with van der Waals surface area (Å²) < 4.78 is 36.7. The average Bonchev–Trinajstić information content (AvgIpc) is 2.71. The van der Waals surface area contributed by atoms with E-state index in [4.69, 9.17) is 0 Å². The van der Waals surface area contributed by atoms with Crippen LogP contribution in [0.15, 0.2) is 54.7 Å². The van der Waals surface area contributed by atoms with Crippen LogP contribution in [0.4, 0.5) is 24.5 Å². The highest BCUT2D eigenvalue weighted by Gasteiger charge is 2.27. The number of amides is 1. The van der Waals surface area contributed by atoms with Crippen LogP contribution in [0.2, 0.25) is 0 Å². The average molecular weight is 418 g/mol. The Kier molecular flexibility index (Phi) is 5.86. The lowest BCUT2D eigenvalue weighted by atomic mass is 10.1. The minimum Gasteiger partial charge on any atom is -0.368 e. The molecule has 0 bridgehead atoms. The standard InChI is InChI=1S/C20H17F3N4O3/c1-26(17-9-8-16(27(29)30)15-3-2-10-24-18(15)17)11-13-4-6-14(7-5-13)19(28)25-12-20(21,22)23/h2-10H,11-12H2,1H3,(H,25,28). The lowest BCUT2D eigenvalue weighted by Crippen LogP contribution is -2.33. The smallest absolute Gasteiger partial charge is 0.368 e. The Morgan fingerprint density at radius 2 is 1.87 bits per heavy atom. The van der Waals surface area contributed by atoms with E-state index in [9.17, 15) is 28.1 Å². The molecular formula is C20H17F3N4O3. The first-order chi connectivity index (χ1) is 14.2. The summed E-state index contributed by atoms with van der Waals surface area (Å²) in [7, 11) is 1.79. The fraction of sp³-hybridized carbons (Fsp3) is 0.200. The third kappa shape index (κ3) is 4.83. The zero-order chi connectivity index (χ0) is 21.9. The zero-order valence-corrected chi connectivity index (χ0v) is 15.8. The SMILES string of the molecule is CN(Cc1ccc(C(=O)NCC(F)(F)F)cc1)c1ccc([N+](=O)[O-])c2cccnc12. The van der Waals surface area contributed by atoms with Crippen LogP contribution >= 0.6 is 0 Å². The number of non-ortho nitro benzene ring substituents is 1. The highest BCUT2D eigenvalue weighted by molar-refractivity contribution is 5.97. The van der Waals surface area contributed by atoms with Crippen molar-refractivity contribution in [1.29, 1.82) is 0 Å². The molecule has 0 unspecified atom stereocenters. The number of alkyl halides is 3. The molecule has 0 saturated heterocycles. The first-order valence-corrected chi connectivity index (χ1v) is 8.83. The number of nitro benzene ring substituents is 1. The minimum absolute atomic E-state index is 0.0375. The maximum Gasteiger partial charge on any atom is 0.405 e. The summed E-state index contributed by atoms with van der Waals surface area (Å²) in [4.78, 5) is 28.7. The van der Waals surface area contributed by atoms with E-state index in [0.717, 1.165) is 5.56 Å². The van der Waals surface area contributed by atoms with E-state index < -0.39 is 23.6 Å². The van der Waals surface area contributed by atoms with E-state index in [-0.39, 0.29) is 11.3 Å². The number of benzene rings is 2. The van der Waals surface area contributed by atoms with Gasteiger partial charge in [0, 0.05) is 31.4 Å². The zero-order valence-electron chi connectivity index (χ0n) is 15.8. The van der Waals surface area contributed by atoms with Crippen LogP contribution in [0.1, 0.15) is 15.9 Å². The molecule has 0 aliphatic heterocycles. The van der Waals surface area contributed by atoms with Crippen LogP contribution in [0, 0.1) is 10.1 Å². The first kappa shape index (κ1) is 21.0. The molecule has 7 nitrogen and oxygen atoms in total. The Balaban J connectivity index is 1.77. The van der Waals surface area contributed by atoms with E-state index in [1.165, 1.54) is 18.2 Å². The van der Waals surface area contributed by atoms with E-state index >= 15 is 0 Å². The van der Waals surface area contributed by atoms with Crippen LogP contribution < -0.4 is 10.2 Å². The highest BCUT2D eigenvalue weighted by Crippen LogP contribution is 2.32. The van der Waals surface area contributed by atoms with Gasteiger partial charge in [-0.05, 0) is 35.9 Å². The number of nitrogens with one attached hydrogen (secondary N) is 1. The Hall–Kier alpha value is -3.69. The Labute approximate surface area is 169 Å². The van der Waals surface area contributed by atoms with Crippen LogP contribution in [-0.2, 0) is 6.54 Å². The summed E-state index contributed by atoms with van der Waals surface area (Å²) in [5, 5.41) is 13.5. The maximum atomic E-state index is 12.2. The Bertz CT molecular complexity index is 1080. The number of aromatic nitrogens is 1. The quantitative estimate of drug-likeness (QED) is 0.482. The predicted molar refractivity (Wildman–Crippen MR) is 105 cm³/mol. The summed E-state index contributed by atoms with van der Waals surface area (Å²) in [5.74, 6) is -0.808. The summed E-state index contributed by atoms with van der Waals surface area (Å²) in [6.45, 7) is -0.996. The molecule has 0 aliphatic carbocycles. The van der Waals surface area contributed by atoms with Gasteiger partial charge in [-0.25, -0.2) is 0 Å². The predicted octanol–water partition coefficient (Wildman–Crippen LogP) is 4.07. The van der Waals surface area contributed by atoms with Crippen molar-refractivity contribution >= 4 is 28.2 Å². The number of pyridine rings is 1. The number of hydrogen-bond donors (Lipinski definition) is 1. The second-order valence-electron chi connectivity index (χ2n) is 6.61. The van der Waals surface area contributed by atoms with Crippen molar-refractivity contribution in [3.05, 3.63) is 76.0 Å². The highest BCUT2D eigenvalue weighted by atomic mass is 19.4. The third-order valence-electron chi connectivity index (χ3n) is 4.42. The molecule has 156 valence electrons. The molecule has 0 atom stereocenters. The molecular weight excluding hydrogens is 401 g/mol. The van der Waals surface area contributed by atoms with Gasteiger partial charge in [0.15, 0.2) is 0 Å². The van der Waals surface area contributed by atoms with Gasteiger partial charge in [0.1, 0.15) is 12.1 Å². The molecule has 1 amide bonds. The fourth-order valence-electron chi connectivity index (χ4n) is 3.01. The van der Waals surface area contributed by atoms with Gasteiger partial charge in [-0.2, -0.15) is 13.2 Å². The van der Waals surface area contributed by atoms with Crippen LogP contribution in [0.3, 0.4) is 0 Å². The van der Waals surface area contributed by atoms with Gasteiger partial charge < -0.3 is 10.2 Å². The van der Waals surface area contributed by atoms with Gasteiger partial charge in [0.2, 0.25) is 0 Å². The first-order valence-electron chi connectivity index (χ1n) is 8.83. The second kappa shape index (κ2) is 8.36. The number of anilines is 1. The van der Waals surface area contributed by atoms with Crippen molar-refractivity contribution in [2.75, 3.05) is 18.5 Å². The molecule has 0 aliphatic rings. The Morgan fingerprint density at radius 1 is 1.17 bits per heavy atom. The monoisotopic (exact) mass is 418 g/mol. The molecule has 3 aromatic rings. The number of halogens is 3. The van der Waals surface area contributed by atoms with Crippen molar-refractivity contribution in [3.63, 3.8) is 0 Å². The molecule has 2 aromatic carbocycles.